The second-order valence-electron chi connectivity index (χ2n) is 2.97. The Morgan fingerprint density at radius 1 is 1.36 bits per heavy atom. The first-order valence-corrected chi connectivity index (χ1v) is 5.00. The normalized spacial score (nSPS) is 10.7. The number of rotatable bonds is 2. The van der Waals surface area contributed by atoms with Crippen LogP contribution in [0.5, 0.6) is 0 Å². The number of halogens is 1. The maximum atomic E-state index is 8.65. The van der Waals surface area contributed by atoms with Crippen LogP contribution in [0.1, 0.15) is 5.56 Å². The average Bonchev–Trinajstić information content (AvgIpc) is 2.18. The molecule has 0 atom stereocenters. The second-order valence-corrected chi connectivity index (χ2v) is 3.88. The topological polar surface area (TPSA) is 45.1 Å². The van der Waals surface area contributed by atoms with Crippen LogP contribution >= 0.6 is 15.9 Å². The summed E-state index contributed by atoms with van der Waals surface area (Å²) in [6, 6.07) is 7.79. The number of nitrogens with zero attached hydrogens (tertiary/aromatic N) is 1. The van der Waals surface area contributed by atoms with Crippen LogP contribution in [0.15, 0.2) is 34.9 Å². The van der Waals surface area contributed by atoms with E-state index in [-0.39, 0.29) is 0 Å². The maximum absolute atomic E-state index is 8.65. The minimum absolute atomic E-state index is 0.431. The summed E-state index contributed by atoms with van der Waals surface area (Å²) >= 11 is 3.39. The van der Waals surface area contributed by atoms with Crippen LogP contribution in [0.4, 0.5) is 0 Å². The Kier molecular flexibility index (Phi) is 2.77. The van der Waals surface area contributed by atoms with Gasteiger partial charge in [0.05, 0.1) is 5.52 Å². The van der Waals surface area contributed by atoms with Gasteiger partial charge in [0, 0.05) is 22.6 Å². The SMILES string of the molecule is ONCc1ccnc2cc(Br)ccc12. The smallest absolute Gasteiger partial charge is 0.0716 e. The number of fused-ring (bicyclic) bond motifs is 1. The summed E-state index contributed by atoms with van der Waals surface area (Å²) in [5.74, 6) is 0. The first-order valence-electron chi connectivity index (χ1n) is 4.21. The van der Waals surface area contributed by atoms with Gasteiger partial charge in [0.1, 0.15) is 0 Å². The van der Waals surface area contributed by atoms with Gasteiger partial charge in [0.25, 0.3) is 0 Å². The molecule has 0 saturated heterocycles. The third-order valence-corrected chi connectivity index (χ3v) is 2.56. The van der Waals surface area contributed by atoms with Crippen molar-refractivity contribution in [1.29, 1.82) is 0 Å². The molecule has 0 amide bonds. The monoisotopic (exact) mass is 252 g/mol. The maximum Gasteiger partial charge on any atom is 0.0716 e. The van der Waals surface area contributed by atoms with Crippen molar-refractivity contribution < 1.29 is 5.21 Å². The van der Waals surface area contributed by atoms with E-state index in [1.807, 2.05) is 24.3 Å². The van der Waals surface area contributed by atoms with E-state index >= 15 is 0 Å². The molecule has 0 fully saturated rings. The molecule has 0 spiro atoms. The van der Waals surface area contributed by atoms with Gasteiger partial charge in [-0.05, 0) is 23.8 Å². The lowest BCUT2D eigenvalue weighted by atomic mass is 10.1. The minimum Gasteiger partial charge on any atom is -0.316 e. The molecular weight excluding hydrogens is 244 g/mol. The lowest BCUT2D eigenvalue weighted by molar-refractivity contribution is 0.161. The lowest BCUT2D eigenvalue weighted by Crippen LogP contribution is -2.06. The second kappa shape index (κ2) is 4.04. The molecule has 0 saturated carbocycles. The van der Waals surface area contributed by atoms with Crippen molar-refractivity contribution in [2.75, 3.05) is 0 Å². The highest BCUT2D eigenvalue weighted by Gasteiger charge is 2.01. The Labute approximate surface area is 89.9 Å². The number of benzene rings is 1. The third-order valence-electron chi connectivity index (χ3n) is 2.06. The van der Waals surface area contributed by atoms with E-state index in [0.29, 0.717) is 6.54 Å². The molecule has 14 heavy (non-hydrogen) atoms. The van der Waals surface area contributed by atoms with Gasteiger partial charge in [-0.15, -0.1) is 0 Å². The van der Waals surface area contributed by atoms with Crippen molar-refractivity contribution in [1.82, 2.24) is 10.5 Å². The highest BCUT2D eigenvalue weighted by Crippen LogP contribution is 2.20. The molecule has 2 aromatic rings. The lowest BCUT2D eigenvalue weighted by Gasteiger charge is -2.04. The van der Waals surface area contributed by atoms with Crippen molar-refractivity contribution in [2.24, 2.45) is 0 Å². The zero-order valence-electron chi connectivity index (χ0n) is 7.37. The zero-order chi connectivity index (χ0) is 9.97. The predicted molar refractivity (Wildman–Crippen MR) is 58.1 cm³/mol. The van der Waals surface area contributed by atoms with Crippen LogP contribution in [-0.4, -0.2) is 10.2 Å². The number of hydrogen-bond donors (Lipinski definition) is 2. The van der Waals surface area contributed by atoms with E-state index in [9.17, 15) is 0 Å². The van der Waals surface area contributed by atoms with E-state index < -0.39 is 0 Å². The van der Waals surface area contributed by atoms with Crippen LogP contribution in [0, 0.1) is 0 Å². The Bertz CT molecular complexity index is 459. The van der Waals surface area contributed by atoms with Gasteiger partial charge in [-0.1, -0.05) is 22.0 Å². The fourth-order valence-corrected chi connectivity index (χ4v) is 1.77. The molecule has 0 unspecified atom stereocenters. The van der Waals surface area contributed by atoms with E-state index in [1.54, 1.807) is 6.20 Å². The molecule has 0 aliphatic carbocycles. The number of hydrogen-bond acceptors (Lipinski definition) is 3. The number of aromatic nitrogens is 1. The molecule has 0 aliphatic heterocycles. The largest absolute Gasteiger partial charge is 0.316 e. The van der Waals surface area contributed by atoms with Gasteiger partial charge >= 0.3 is 0 Å². The molecule has 2 rings (SSSR count). The van der Waals surface area contributed by atoms with Crippen molar-refractivity contribution in [3.05, 3.63) is 40.5 Å². The van der Waals surface area contributed by atoms with Gasteiger partial charge in [0.15, 0.2) is 0 Å². The summed E-state index contributed by atoms with van der Waals surface area (Å²) in [5.41, 5.74) is 4.11. The summed E-state index contributed by atoms with van der Waals surface area (Å²) in [7, 11) is 0. The highest BCUT2D eigenvalue weighted by molar-refractivity contribution is 9.10. The minimum atomic E-state index is 0.431. The molecule has 1 aromatic heterocycles. The van der Waals surface area contributed by atoms with Crippen LogP contribution in [0.25, 0.3) is 10.9 Å². The fraction of sp³-hybridized carbons (Fsp3) is 0.100. The Morgan fingerprint density at radius 3 is 3.00 bits per heavy atom. The summed E-state index contributed by atoms with van der Waals surface area (Å²) in [5, 5.41) is 9.71. The Hall–Kier alpha value is -0.970. The highest BCUT2D eigenvalue weighted by atomic mass is 79.9. The predicted octanol–water partition coefficient (Wildman–Crippen LogP) is 2.48. The summed E-state index contributed by atoms with van der Waals surface area (Å²) in [6.07, 6.45) is 1.74. The van der Waals surface area contributed by atoms with E-state index in [2.05, 4.69) is 26.4 Å². The van der Waals surface area contributed by atoms with E-state index in [1.165, 1.54) is 0 Å². The molecule has 0 bridgehead atoms. The van der Waals surface area contributed by atoms with Crippen LogP contribution in [0.3, 0.4) is 0 Å². The quantitative estimate of drug-likeness (QED) is 0.808. The van der Waals surface area contributed by atoms with Crippen molar-refractivity contribution in [2.45, 2.75) is 6.54 Å². The number of nitrogens with one attached hydrogen (secondary N) is 1. The van der Waals surface area contributed by atoms with Gasteiger partial charge < -0.3 is 5.21 Å². The van der Waals surface area contributed by atoms with E-state index in [0.717, 1.165) is 20.9 Å². The number of hydroxylamine groups is 1. The third kappa shape index (κ3) is 1.77. The van der Waals surface area contributed by atoms with Gasteiger partial charge in [-0.2, -0.15) is 0 Å². The molecule has 3 nitrogen and oxygen atoms in total. The van der Waals surface area contributed by atoms with Crippen molar-refractivity contribution in [3.8, 4) is 0 Å². The van der Waals surface area contributed by atoms with Crippen LogP contribution in [0.2, 0.25) is 0 Å². The van der Waals surface area contributed by atoms with Gasteiger partial charge in [-0.25, -0.2) is 5.48 Å². The van der Waals surface area contributed by atoms with Gasteiger partial charge in [0.2, 0.25) is 0 Å². The van der Waals surface area contributed by atoms with Crippen LogP contribution in [-0.2, 0) is 6.54 Å². The molecule has 1 aromatic carbocycles. The van der Waals surface area contributed by atoms with Crippen LogP contribution < -0.4 is 5.48 Å². The fourth-order valence-electron chi connectivity index (χ4n) is 1.42. The summed E-state index contributed by atoms with van der Waals surface area (Å²) in [6.45, 7) is 0.431. The van der Waals surface area contributed by atoms with Crippen molar-refractivity contribution >= 4 is 26.8 Å². The first kappa shape index (κ1) is 9.58. The van der Waals surface area contributed by atoms with Gasteiger partial charge in [-0.3, -0.25) is 4.98 Å². The molecule has 72 valence electrons. The Morgan fingerprint density at radius 2 is 2.21 bits per heavy atom. The molecule has 2 N–H and O–H groups in total. The molecular formula is C10H9BrN2O. The molecule has 0 radical (unpaired) electrons. The molecule has 0 aliphatic rings. The first-order chi connectivity index (χ1) is 6.81. The molecule has 1 heterocycles. The number of pyridine rings is 1. The average molecular weight is 253 g/mol. The zero-order valence-corrected chi connectivity index (χ0v) is 8.95. The standard InChI is InChI=1S/C10H9BrN2O/c11-8-1-2-9-7(6-13-14)3-4-12-10(9)5-8/h1-5,13-14H,6H2. The van der Waals surface area contributed by atoms with Crippen molar-refractivity contribution in [3.63, 3.8) is 0 Å². The summed E-state index contributed by atoms with van der Waals surface area (Å²) in [4.78, 5) is 4.25. The molecule has 4 heteroatoms. The summed E-state index contributed by atoms with van der Waals surface area (Å²) < 4.78 is 1.01. The van der Waals surface area contributed by atoms with E-state index in [4.69, 9.17) is 5.21 Å². The Balaban J connectivity index is 2.62.